The second kappa shape index (κ2) is 39.2. The van der Waals surface area contributed by atoms with Crippen LogP contribution in [0.3, 0.4) is 0 Å². The summed E-state index contributed by atoms with van der Waals surface area (Å²) < 4.78 is 33.6. The van der Waals surface area contributed by atoms with E-state index in [4.69, 9.17) is 28.4 Å². The lowest BCUT2D eigenvalue weighted by Gasteiger charge is -2.42. The van der Waals surface area contributed by atoms with Crippen molar-refractivity contribution in [2.24, 2.45) is 0 Å². The zero-order chi connectivity index (χ0) is 48.2. The van der Waals surface area contributed by atoms with Crippen molar-refractivity contribution < 1.29 is 73.8 Å². The molecule has 0 aromatic carbocycles. The predicted molar refractivity (Wildman–Crippen MR) is 252 cm³/mol. The molecule has 2 heterocycles. The molecule has 11 atom stereocenters. The monoisotopic (exact) mass is 949 g/mol. The van der Waals surface area contributed by atoms with Gasteiger partial charge >= 0.3 is 11.9 Å². The van der Waals surface area contributed by atoms with Gasteiger partial charge < -0.3 is 64.2 Å². The fourth-order valence-electron chi connectivity index (χ4n) is 8.69. The van der Waals surface area contributed by atoms with Crippen molar-refractivity contribution in [2.45, 2.75) is 287 Å². The van der Waals surface area contributed by atoms with E-state index in [2.05, 4.69) is 13.8 Å². The van der Waals surface area contributed by atoms with Crippen molar-refractivity contribution in [3.8, 4) is 0 Å². The highest BCUT2D eigenvalue weighted by Crippen LogP contribution is 2.27. The number of aliphatic hydroxyl groups is 7. The van der Waals surface area contributed by atoms with E-state index in [1.807, 2.05) is 0 Å². The Morgan fingerprint density at radius 2 is 0.773 bits per heavy atom. The molecule has 0 unspecified atom stereocenters. The minimum Gasteiger partial charge on any atom is -0.462 e. The van der Waals surface area contributed by atoms with Crippen molar-refractivity contribution in [1.82, 2.24) is 0 Å². The standard InChI is InChI=1S/C51H96O15/c1-3-5-7-9-11-13-15-17-19-21-23-25-27-29-31-33-42(53)61-36-39(64-43(54)34-32-30-28-26-24-22-20-18-16-14-12-10-8-6-4-2)37-62-50-49(60)47(58)45(56)41(66-50)38-63-51-48(59)46(57)44(55)40(35-52)65-51/h39-41,44-52,55-60H,3-38H2,1-2H3/t39-,40-,41-,44-,45-,46+,47+,48-,49-,50-,51-/m0/s1. The second-order valence-corrected chi connectivity index (χ2v) is 19.1. The molecule has 0 amide bonds. The Labute approximate surface area is 398 Å². The molecule has 2 fully saturated rings. The molecule has 2 aliphatic heterocycles. The van der Waals surface area contributed by atoms with Crippen molar-refractivity contribution in [3.63, 3.8) is 0 Å². The van der Waals surface area contributed by atoms with Gasteiger partial charge in [0.1, 0.15) is 55.4 Å². The smallest absolute Gasteiger partial charge is 0.306 e. The number of rotatable bonds is 42. The quantitative estimate of drug-likeness (QED) is 0.0231. The zero-order valence-corrected chi connectivity index (χ0v) is 41.2. The van der Waals surface area contributed by atoms with Gasteiger partial charge in [-0.05, 0) is 12.8 Å². The number of aliphatic hydroxyl groups excluding tert-OH is 7. The van der Waals surface area contributed by atoms with E-state index in [1.165, 1.54) is 141 Å². The van der Waals surface area contributed by atoms with E-state index in [-0.39, 0.29) is 26.1 Å². The fourth-order valence-corrected chi connectivity index (χ4v) is 8.69. The maximum atomic E-state index is 13.0. The van der Waals surface area contributed by atoms with Crippen LogP contribution in [0.5, 0.6) is 0 Å². The highest BCUT2D eigenvalue weighted by molar-refractivity contribution is 5.70. The van der Waals surface area contributed by atoms with E-state index in [0.29, 0.717) is 12.8 Å². The maximum absolute atomic E-state index is 13.0. The maximum Gasteiger partial charge on any atom is 0.306 e. The molecule has 0 aliphatic carbocycles. The molecule has 0 spiro atoms. The number of unbranched alkanes of at least 4 members (excludes halogenated alkanes) is 28. The Bertz CT molecular complexity index is 1160. The molecule has 7 N–H and O–H groups in total. The van der Waals surface area contributed by atoms with Crippen LogP contribution < -0.4 is 0 Å². The summed E-state index contributed by atoms with van der Waals surface area (Å²) in [6.07, 6.45) is 19.8. The first-order valence-corrected chi connectivity index (χ1v) is 26.6. The van der Waals surface area contributed by atoms with Gasteiger partial charge in [-0.2, -0.15) is 0 Å². The first kappa shape index (κ1) is 60.6. The molecule has 2 rings (SSSR count). The number of ether oxygens (including phenoxy) is 6. The third-order valence-electron chi connectivity index (χ3n) is 13.1. The highest BCUT2D eigenvalue weighted by Gasteiger charge is 2.47. The van der Waals surface area contributed by atoms with Crippen molar-refractivity contribution >= 4 is 11.9 Å². The molecular weight excluding hydrogens is 853 g/mol. The Balaban J connectivity index is 1.79. The van der Waals surface area contributed by atoms with Crippen LogP contribution in [-0.4, -0.2) is 142 Å². The van der Waals surface area contributed by atoms with Gasteiger partial charge in [0.15, 0.2) is 18.7 Å². The lowest BCUT2D eigenvalue weighted by atomic mass is 9.98. The van der Waals surface area contributed by atoms with E-state index in [1.54, 1.807) is 0 Å². The van der Waals surface area contributed by atoms with Crippen LogP contribution in [0, 0.1) is 0 Å². The molecule has 15 heteroatoms. The molecule has 0 saturated carbocycles. The Hall–Kier alpha value is -1.50. The average Bonchev–Trinajstić information content (AvgIpc) is 3.31. The lowest BCUT2D eigenvalue weighted by Crippen LogP contribution is -2.61. The number of hydrogen-bond acceptors (Lipinski definition) is 15. The van der Waals surface area contributed by atoms with E-state index >= 15 is 0 Å². The summed E-state index contributed by atoms with van der Waals surface area (Å²) >= 11 is 0. The SMILES string of the molecule is CCCCCCCCCCCCCCCCCC(=O)OC[C@@H](CO[C@H]1O[C@@H](CO[C@H]2O[C@@H](CO)[C@H](O)[C@@H](O)[C@@H]2O)[C@H](O)[C@@H](O)[C@@H]1O)OC(=O)CCCCCCCCCCCCCCCCC. The Kier molecular flexibility index (Phi) is 36.0. The van der Waals surface area contributed by atoms with Crippen LogP contribution in [-0.2, 0) is 38.0 Å². The molecule has 0 aromatic heterocycles. The largest absolute Gasteiger partial charge is 0.462 e. The molecule has 390 valence electrons. The molecule has 15 nitrogen and oxygen atoms in total. The van der Waals surface area contributed by atoms with E-state index in [0.717, 1.165) is 38.5 Å². The topological polar surface area (TPSA) is 231 Å². The molecule has 0 aromatic rings. The van der Waals surface area contributed by atoms with Crippen LogP contribution in [0.15, 0.2) is 0 Å². The van der Waals surface area contributed by atoms with Crippen molar-refractivity contribution in [1.29, 1.82) is 0 Å². The van der Waals surface area contributed by atoms with Gasteiger partial charge in [-0.1, -0.05) is 194 Å². The van der Waals surface area contributed by atoms with E-state index in [9.17, 15) is 45.3 Å². The Morgan fingerprint density at radius 1 is 0.424 bits per heavy atom. The highest BCUT2D eigenvalue weighted by atomic mass is 16.7. The summed E-state index contributed by atoms with van der Waals surface area (Å²) in [5, 5.41) is 72.1. The van der Waals surface area contributed by atoms with Crippen LogP contribution in [0.4, 0.5) is 0 Å². The van der Waals surface area contributed by atoms with Gasteiger partial charge in [-0.3, -0.25) is 9.59 Å². The summed E-state index contributed by atoms with van der Waals surface area (Å²) in [6, 6.07) is 0. The number of hydrogen-bond donors (Lipinski definition) is 7. The predicted octanol–water partition coefficient (Wildman–Crippen LogP) is 7.61. The summed E-state index contributed by atoms with van der Waals surface area (Å²) in [5.74, 6) is -0.908. The van der Waals surface area contributed by atoms with Gasteiger partial charge in [-0.15, -0.1) is 0 Å². The Morgan fingerprint density at radius 3 is 1.18 bits per heavy atom. The lowest BCUT2D eigenvalue weighted by molar-refractivity contribution is -0.332. The van der Waals surface area contributed by atoms with Crippen LogP contribution in [0.1, 0.15) is 219 Å². The van der Waals surface area contributed by atoms with Gasteiger partial charge in [0.05, 0.1) is 19.8 Å². The third-order valence-corrected chi connectivity index (χ3v) is 13.1. The molecule has 2 aliphatic rings. The summed E-state index contributed by atoms with van der Waals surface area (Å²) in [7, 11) is 0. The van der Waals surface area contributed by atoms with Crippen LogP contribution in [0.25, 0.3) is 0 Å². The molecule has 66 heavy (non-hydrogen) atoms. The number of esters is 2. The van der Waals surface area contributed by atoms with Gasteiger partial charge in [0.25, 0.3) is 0 Å². The second-order valence-electron chi connectivity index (χ2n) is 19.1. The zero-order valence-electron chi connectivity index (χ0n) is 41.2. The van der Waals surface area contributed by atoms with Gasteiger partial charge in [0, 0.05) is 12.8 Å². The first-order chi connectivity index (χ1) is 32.0. The van der Waals surface area contributed by atoms with Gasteiger partial charge in [-0.25, -0.2) is 0 Å². The molecule has 0 bridgehead atoms. The third kappa shape index (κ3) is 27.0. The first-order valence-electron chi connectivity index (χ1n) is 26.6. The summed E-state index contributed by atoms with van der Waals surface area (Å²) in [6.45, 7) is 2.63. The minimum atomic E-state index is -1.76. The summed E-state index contributed by atoms with van der Waals surface area (Å²) in [4.78, 5) is 25.8. The van der Waals surface area contributed by atoms with Crippen LogP contribution >= 0.6 is 0 Å². The van der Waals surface area contributed by atoms with Crippen molar-refractivity contribution in [2.75, 3.05) is 26.4 Å². The van der Waals surface area contributed by atoms with Gasteiger partial charge in [0.2, 0.25) is 0 Å². The fraction of sp³-hybridized carbons (Fsp3) is 0.961. The molecule has 0 radical (unpaired) electrons. The van der Waals surface area contributed by atoms with E-state index < -0.39 is 92.7 Å². The minimum absolute atomic E-state index is 0.173. The molecule has 2 saturated heterocycles. The van der Waals surface area contributed by atoms with Crippen molar-refractivity contribution in [3.05, 3.63) is 0 Å². The van der Waals surface area contributed by atoms with Crippen LogP contribution in [0.2, 0.25) is 0 Å². The summed E-state index contributed by atoms with van der Waals surface area (Å²) in [5.41, 5.74) is 0. The molecular formula is C51H96O15. The number of carbonyl (C=O) groups is 2. The normalized spacial score (nSPS) is 26.1. The number of carbonyl (C=O) groups excluding carboxylic acids is 2. The average molecular weight is 949 g/mol.